The third kappa shape index (κ3) is 5.70. The summed E-state index contributed by atoms with van der Waals surface area (Å²) in [6, 6.07) is 16.8. The van der Waals surface area contributed by atoms with Gasteiger partial charge in [-0.1, -0.05) is 65.7 Å². The molecule has 5 nitrogen and oxygen atoms in total. The van der Waals surface area contributed by atoms with E-state index in [1.54, 1.807) is 18.2 Å². The molecule has 0 aliphatic heterocycles. The van der Waals surface area contributed by atoms with E-state index in [1.165, 1.54) is 19.2 Å². The molecule has 4 aromatic rings. The summed E-state index contributed by atoms with van der Waals surface area (Å²) in [4.78, 5) is 25.7. The molecule has 1 saturated carbocycles. The number of carbonyl (C=O) groups is 2. The number of benzene rings is 4. The minimum absolute atomic E-state index is 0.0183. The van der Waals surface area contributed by atoms with Gasteiger partial charge >= 0.3 is 5.97 Å². The fourth-order valence-corrected chi connectivity index (χ4v) is 5.05. The highest BCUT2D eigenvalue weighted by atomic mass is 35.5. The molecule has 5 rings (SSSR count). The minimum atomic E-state index is -1.05. The van der Waals surface area contributed by atoms with Crippen molar-refractivity contribution in [3.63, 3.8) is 0 Å². The summed E-state index contributed by atoms with van der Waals surface area (Å²) in [5.74, 6) is -2.96. The zero-order valence-electron chi connectivity index (χ0n) is 20.8. The molecule has 0 spiro atoms. The number of esters is 1. The lowest BCUT2D eigenvalue weighted by atomic mass is 9.92. The maximum Gasteiger partial charge on any atom is 0.328 e. The lowest BCUT2D eigenvalue weighted by Gasteiger charge is -2.20. The second kappa shape index (κ2) is 11.2. The van der Waals surface area contributed by atoms with Crippen molar-refractivity contribution in [3.05, 3.63) is 99.5 Å². The Kier molecular flexibility index (Phi) is 7.73. The van der Waals surface area contributed by atoms with Gasteiger partial charge in [0.15, 0.2) is 11.6 Å². The quantitative estimate of drug-likeness (QED) is 0.229. The Morgan fingerprint density at radius 3 is 2.26 bits per heavy atom. The third-order valence-electron chi connectivity index (χ3n) is 6.55. The van der Waals surface area contributed by atoms with Gasteiger partial charge in [-0.3, -0.25) is 4.79 Å². The standard InChI is InChI=1S/C30H23Cl2F2NO4/c1-38-30(37)26(35-29(36)28-22(31)7-4-8-23(28)32)13-16-9-12-20(19-6-3-2-5-18(16)19)21-14-24(33)25(34)15-27(21)39-17-10-11-17/h2-9,12,14-15,17,26H,10-11,13H2,1H3,(H,35,36)/t26-/m0/s1. The van der Waals surface area contributed by atoms with E-state index in [0.29, 0.717) is 11.1 Å². The number of ether oxygens (including phenoxy) is 2. The van der Waals surface area contributed by atoms with E-state index >= 15 is 0 Å². The number of methoxy groups -OCH3 is 1. The van der Waals surface area contributed by atoms with Crippen LogP contribution in [0.3, 0.4) is 0 Å². The van der Waals surface area contributed by atoms with Gasteiger partial charge in [0.05, 0.1) is 28.8 Å². The first kappa shape index (κ1) is 26.9. The normalized spacial score (nSPS) is 13.7. The molecule has 0 bridgehead atoms. The maximum absolute atomic E-state index is 14.4. The fraction of sp³-hybridized carbons (Fsp3) is 0.200. The van der Waals surface area contributed by atoms with Gasteiger partial charge in [0.2, 0.25) is 0 Å². The molecule has 0 radical (unpaired) electrons. The first-order valence-electron chi connectivity index (χ1n) is 12.3. The number of halogens is 4. The van der Waals surface area contributed by atoms with Gasteiger partial charge in [0, 0.05) is 18.1 Å². The summed E-state index contributed by atoms with van der Waals surface area (Å²) < 4.78 is 39.3. The lowest BCUT2D eigenvalue weighted by molar-refractivity contribution is -0.142. The number of rotatable bonds is 8. The number of hydrogen-bond donors (Lipinski definition) is 1. The van der Waals surface area contributed by atoms with Crippen LogP contribution in [0, 0.1) is 11.6 Å². The topological polar surface area (TPSA) is 64.6 Å². The first-order valence-corrected chi connectivity index (χ1v) is 13.0. The van der Waals surface area contributed by atoms with Crippen molar-refractivity contribution in [3.8, 4) is 16.9 Å². The number of carbonyl (C=O) groups excluding carboxylic acids is 2. The summed E-state index contributed by atoms with van der Waals surface area (Å²) in [5, 5.41) is 4.48. The Labute approximate surface area is 233 Å². The molecule has 0 saturated heterocycles. The SMILES string of the molecule is COC(=O)[C@H](Cc1ccc(-c2cc(F)c(F)cc2OC2CC2)c2ccccc12)NC(=O)c1c(Cl)cccc1Cl. The average molecular weight is 570 g/mol. The molecule has 0 heterocycles. The number of hydrogen-bond acceptors (Lipinski definition) is 4. The second-order valence-corrected chi connectivity index (χ2v) is 10.1. The van der Waals surface area contributed by atoms with Crippen LogP contribution in [0.4, 0.5) is 8.78 Å². The molecule has 1 fully saturated rings. The van der Waals surface area contributed by atoms with Crippen LogP contribution in [0.1, 0.15) is 28.8 Å². The largest absolute Gasteiger partial charge is 0.490 e. The Balaban J connectivity index is 1.53. The minimum Gasteiger partial charge on any atom is -0.490 e. The van der Waals surface area contributed by atoms with Crippen molar-refractivity contribution in [1.82, 2.24) is 5.32 Å². The Morgan fingerprint density at radius 2 is 1.59 bits per heavy atom. The van der Waals surface area contributed by atoms with E-state index in [9.17, 15) is 18.4 Å². The van der Waals surface area contributed by atoms with E-state index < -0.39 is 29.6 Å². The van der Waals surface area contributed by atoms with Gasteiger partial charge < -0.3 is 14.8 Å². The Hall–Kier alpha value is -3.68. The van der Waals surface area contributed by atoms with Gasteiger partial charge in [-0.05, 0) is 52.9 Å². The molecule has 9 heteroatoms. The van der Waals surface area contributed by atoms with Crippen molar-refractivity contribution in [1.29, 1.82) is 0 Å². The highest BCUT2D eigenvalue weighted by molar-refractivity contribution is 6.39. The van der Waals surface area contributed by atoms with Crippen molar-refractivity contribution in [2.45, 2.75) is 31.4 Å². The highest BCUT2D eigenvalue weighted by Crippen LogP contribution is 2.40. The summed E-state index contributed by atoms with van der Waals surface area (Å²) >= 11 is 12.4. The molecule has 1 atom stereocenters. The molecule has 0 aromatic heterocycles. The Morgan fingerprint density at radius 1 is 0.923 bits per heavy atom. The van der Waals surface area contributed by atoms with Crippen LogP contribution in [0.15, 0.2) is 66.7 Å². The predicted molar refractivity (Wildman–Crippen MR) is 146 cm³/mol. The summed E-state index contributed by atoms with van der Waals surface area (Å²) in [6.07, 6.45) is 1.79. The monoisotopic (exact) mass is 569 g/mol. The fourth-order valence-electron chi connectivity index (χ4n) is 4.48. The van der Waals surface area contributed by atoms with Gasteiger partial charge in [-0.25, -0.2) is 13.6 Å². The highest BCUT2D eigenvalue weighted by Gasteiger charge is 2.28. The van der Waals surface area contributed by atoms with Crippen LogP contribution >= 0.6 is 23.2 Å². The van der Waals surface area contributed by atoms with Gasteiger partial charge in [0.1, 0.15) is 11.8 Å². The maximum atomic E-state index is 14.4. The zero-order valence-corrected chi connectivity index (χ0v) is 22.3. The van der Waals surface area contributed by atoms with E-state index in [4.69, 9.17) is 32.7 Å². The average Bonchev–Trinajstić information content (AvgIpc) is 3.74. The van der Waals surface area contributed by atoms with E-state index in [1.807, 2.05) is 24.3 Å². The summed E-state index contributed by atoms with van der Waals surface area (Å²) in [6.45, 7) is 0. The number of amides is 1. The van der Waals surface area contributed by atoms with Crippen LogP contribution < -0.4 is 10.1 Å². The van der Waals surface area contributed by atoms with Crippen molar-refractivity contribution in [2.24, 2.45) is 0 Å². The van der Waals surface area contributed by atoms with E-state index in [-0.39, 0.29) is 33.9 Å². The number of fused-ring (bicyclic) bond motifs is 1. The van der Waals surface area contributed by atoms with Gasteiger partial charge in [-0.15, -0.1) is 0 Å². The molecule has 4 aromatic carbocycles. The van der Waals surface area contributed by atoms with Crippen molar-refractivity contribution < 1.29 is 27.8 Å². The van der Waals surface area contributed by atoms with Crippen molar-refractivity contribution >= 4 is 45.9 Å². The van der Waals surface area contributed by atoms with Crippen LogP contribution in [0.25, 0.3) is 21.9 Å². The molecular formula is C30H23Cl2F2NO4. The molecule has 1 amide bonds. The molecule has 1 aliphatic rings. The predicted octanol–water partition coefficient (Wildman–Crippen LogP) is 7.15. The van der Waals surface area contributed by atoms with Crippen LogP contribution in [0.5, 0.6) is 5.75 Å². The smallest absolute Gasteiger partial charge is 0.328 e. The van der Waals surface area contributed by atoms with Crippen LogP contribution in [-0.2, 0) is 16.0 Å². The number of nitrogens with one attached hydrogen (secondary N) is 1. The molecular weight excluding hydrogens is 547 g/mol. The molecule has 39 heavy (non-hydrogen) atoms. The van der Waals surface area contributed by atoms with Gasteiger partial charge in [-0.2, -0.15) is 0 Å². The van der Waals surface area contributed by atoms with Crippen LogP contribution in [-0.4, -0.2) is 31.1 Å². The third-order valence-corrected chi connectivity index (χ3v) is 7.18. The summed E-state index contributed by atoms with van der Waals surface area (Å²) in [5.41, 5.74) is 1.85. The molecule has 0 unspecified atom stereocenters. The van der Waals surface area contributed by atoms with Crippen LogP contribution in [0.2, 0.25) is 10.0 Å². The van der Waals surface area contributed by atoms with E-state index in [0.717, 1.165) is 41.3 Å². The van der Waals surface area contributed by atoms with Crippen molar-refractivity contribution in [2.75, 3.05) is 7.11 Å². The Bertz CT molecular complexity index is 1570. The molecule has 1 aliphatic carbocycles. The molecule has 200 valence electrons. The van der Waals surface area contributed by atoms with Gasteiger partial charge in [0.25, 0.3) is 5.91 Å². The lowest BCUT2D eigenvalue weighted by Crippen LogP contribution is -2.43. The second-order valence-electron chi connectivity index (χ2n) is 9.25. The van der Waals surface area contributed by atoms with E-state index in [2.05, 4.69) is 5.32 Å². The molecule has 1 N–H and O–H groups in total. The summed E-state index contributed by atoms with van der Waals surface area (Å²) in [7, 11) is 1.23. The first-order chi connectivity index (χ1) is 18.8. The zero-order chi connectivity index (χ0) is 27.7.